The SMILES string of the molecule is OC(CNCc1ccccc1Cl)c1cc(F)ccc1F. The normalized spacial score (nSPS) is 12.4. The molecule has 0 heterocycles. The first kappa shape index (κ1) is 14.9. The molecule has 0 amide bonds. The van der Waals surface area contributed by atoms with E-state index in [0.717, 1.165) is 23.8 Å². The zero-order valence-corrected chi connectivity index (χ0v) is 11.4. The Balaban J connectivity index is 1.94. The number of rotatable bonds is 5. The number of halogens is 3. The summed E-state index contributed by atoms with van der Waals surface area (Å²) < 4.78 is 26.5. The molecule has 2 aromatic rings. The number of hydrogen-bond donors (Lipinski definition) is 2. The summed E-state index contributed by atoms with van der Waals surface area (Å²) in [7, 11) is 0. The van der Waals surface area contributed by atoms with Crippen molar-refractivity contribution in [3.05, 3.63) is 70.2 Å². The number of benzene rings is 2. The van der Waals surface area contributed by atoms with Crippen molar-refractivity contribution in [3.63, 3.8) is 0 Å². The average Bonchev–Trinajstić information content (AvgIpc) is 2.43. The largest absolute Gasteiger partial charge is 0.387 e. The van der Waals surface area contributed by atoms with Crippen LogP contribution in [0, 0.1) is 11.6 Å². The van der Waals surface area contributed by atoms with Gasteiger partial charge in [0.05, 0.1) is 6.10 Å². The van der Waals surface area contributed by atoms with Crippen molar-refractivity contribution in [1.29, 1.82) is 0 Å². The second-order valence-electron chi connectivity index (χ2n) is 4.40. The maximum absolute atomic E-state index is 13.5. The first-order valence-electron chi connectivity index (χ1n) is 6.15. The second kappa shape index (κ2) is 6.79. The molecule has 0 saturated heterocycles. The van der Waals surface area contributed by atoms with Crippen LogP contribution in [0.5, 0.6) is 0 Å². The van der Waals surface area contributed by atoms with Crippen molar-refractivity contribution < 1.29 is 13.9 Å². The minimum absolute atomic E-state index is 0.0586. The van der Waals surface area contributed by atoms with Gasteiger partial charge in [-0.2, -0.15) is 0 Å². The van der Waals surface area contributed by atoms with Crippen LogP contribution < -0.4 is 5.32 Å². The molecule has 2 N–H and O–H groups in total. The van der Waals surface area contributed by atoms with Crippen LogP contribution in [-0.2, 0) is 6.54 Å². The minimum Gasteiger partial charge on any atom is -0.387 e. The fraction of sp³-hybridized carbons (Fsp3) is 0.200. The maximum atomic E-state index is 13.5. The summed E-state index contributed by atoms with van der Waals surface area (Å²) in [6, 6.07) is 10.3. The van der Waals surface area contributed by atoms with Crippen molar-refractivity contribution in [2.75, 3.05) is 6.54 Å². The van der Waals surface area contributed by atoms with E-state index in [1.807, 2.05) is 18.2 Å². The van der Waals surface area contributed by atoms with E-state index < -0.39 is 17.7 Å². The Morgan fingerprint density at radius 1 is 1.15 bits per heavy atom. The summed E-state index contributed by atoms with van der Waals surface area (Å²) in [5.74, 6) is -1.20. The first-order chi connectivity index (χ1) is 9.58. The third-order valence-corrected chi connectivity index (χ3v) is 3.30. The van der Waals surface area contributed by atoms with Crippen molar-refractivity contribution in [3.8, 4) is 0 Å². The molecule has 106 valence electrons. The Hall–Kier alpha value is -1.49. The van der Waals surface area contributed by atoms with Crippen LogP contribution in [0.3, 0.4) is 0 Å². The van der Waals surface area contributed by atoms with Crippen molar-refractivity contribution in [1.82, 2.24) is 5.32 Å². The summed E-state index contributed by atoms with van der Waals surface area (Å²) in [4.78, 5) is 0. The first-order valence-corrected chi connectivity index (χ1v) is 6.53. The molecule has 0 bridgehead atoms. The Labute approximate surface area is 121 Å². The van der Waals surface area contributed by atoms with E-state index in [1.54, 1.807) is 6.07 Å². The molecule has 1 atom stereocenters. The molecule has 0 aromatic heterocycles. The smallest absolute Gasteiger partial charge is 0.129 e. The number of nitrogens with one attached hydrogen (secondary N) is 1. The van der Waals surface area contributed by atoms with Gasteiger partial charge in [0.15, 0.2) is 0 Å². The van der Waals surface area contributed by atoms with Crippen molar-refractivity contribution in [2.45, 2.75) is 12.6 Å². The summed E-state index contributed by atoms with van der Waals surface area (Å²) >= 11 is 5.99. The topological polar surface area (TPSA) is 32.3 Å². The summed E-state index contributed by atoms with van der Waals surface area (Å²) in [5, 5.41) is 13.5. The van der Waals surface area contributed by atoms with Crippen LogP contribution in [0.4, 0.5) is 8.78 Å². The molecule has 0 saturated carbocycles. The predicted molar refractivity (Wildman–Crippen MR) is 74.5 cm³/mol. The zero-order chi connectivity index (χ0) is 14.5. The second-order valence-corrected chi connectivity index (χ2v) is 4.81. The van der Waals surface area contributed by atoms with Crippen molar-refractivity contribution in [2.24, 2.45) is 0 Å². The van der Waals surface area contributed by atoms with E-state index in [-0.39, 0.29) is 12.1 Å². The molecular formula is C15H14ClF2NO. The Morgan fingerprint density at radius 3 is 2.65 bits per heavy atom. The van der Waals surface area contributed by atoms with E-state index in [1.165, 1.54) is 0 Å². The van der Waals surface area contributed by atoms with Crippen LogP contribution in [0.2, 0.25) is 5.02 Å². The van der Waals surface area contributed by atoms with E-state index >= 15 is 0 Å². The quantitative estimate of drug-likeness (QED) is 0.886. The van der Waals surface area contributed by atoms with Gasteiger partial charge in [-0.1, -0.05) is 29.8 Å². The van der Waals surface area contributed by atoms with Gasteiger partial charge in [-0.05, 0) is 29.8 Å². The molecule has 0 radical (unpaired) electrons. The van der Waals surface area contributed by atoms with Gasteiger partial charge in [-0.25, -0.2) is 8.78 Å². The number of aliphatic hydroxyl groups excluding tert-OH is 1. The van der Waals surface area contributed by atoms with Crippen LogP contribution in [0.1, 0.15) is 17.2 Å². The predicted octanol–water partition coefficient (Wildman–Crippen LogP) is 3.44. The molecule has 0 fully saturated rings. The van der Waals surface area contributed by atoms with Gasteiger partial charge in [0.25, 0.3) is 0 Å². The van der Waals surface area contributed by atoms with Crippen LogP contribution >= 0.6 is 11.6 Å². The summed E-state index contributed by atoms with van der Waals surface area (Å²) in [6.45, 7) is 0.541. The standard InChI is InChI=1S/C15H14ClF2NO/c16-13-4-2-1-3-10(13)8-19-9-15(20)12-7-11(17)5-6-14(12)18/h1-7,15,19-20H,8-9H2. The molecule has 5 heteroatoms. The molecule has 2 nitrogen and oxygen atoms in total. The molecule has 20 heavy (non-hydrogen) atoms. The molecule has 2 rings (SSSR count). The molecule has 0 aliphatic rings. The average molecular weight is 298 g/mol. The van der Waals surface area contributed by atoms with Gasteiger partial charge in [-0.15, -0.1) is 0 Å². The van der Waals surface area contributed by atoms with Crippen LogP contribution in [0.15, 0.2) is 42.5 Å². The highest BCUT2D eigenvalue weighted by Crippen LogP contribution is 2.18. The molecule has 2 aromatic carbocycles. The van der Waals surface area contributed by atoms with Crippen molar-refractivity contribution >= 4 is 11.6 Å². The van der Waals surface area contributed by atoms with E-state index in [2.05, 4.69) is 5.32 Å². The molecule has 0 spiro atoms. The lowest BCUT2D eigenvalue weighted by molar-refractivity contribution is 0.169. The number of hydrogen-bond acceptors (Lipinski definition) is 2. The monoisotopic (exact) mass is 297 g/mol. The highest BCUT2D eigenvalue weighted by Gasteiger charge is 2.13. The summed E-state index contributed by atoms with van der Waals surface area (Å²) in [6.07, 6.45) is -1.12. The van der Waals surface area contributed by atoms with Gasteiger partial charge in [0.1, 0.15) is 11.6 Å². The third-order valence-electron chi connectivity index (χ3n) is 2.93. The third kappa shape index (κ3) is 3.76. The van der Waals surface area contributed by atoms with Gasteiger partial charge in [0.2, 0.25) is 0 Å². The maximum Gasteiger partial charge on any atom is 0.129 e. The van der Waals surface area contributed by atoms with E-state index in [9.17, 15) is 13.9 Å². The van der Waals surface area contributed by atoms with Gasteiger partial charge in [-0.3, -0.25) is 0 Å². The van der Waals surface area contributed by atoms with Gasteiger partial charge < -0.3 is 10.4 Å². The molecule has 0 aliphatic carbocycles. The highest BCUT2D eigenvalue weighted by molar-refractivity contribution is 6.31. The fourth-order valence-corrected chi connectivity index (χ4v) is 2.07. The lowest BCUT2D eigenvalue weighted by Crippen LogP contribution is -2.22. The summed E-state index contributed by atoms with van der Waals surface area (Å²) in [5.41, 5.74) is 0.817. The minimum atomic E-state index is -1.12. The Kier molecular flexibility index (Phi) is 5.06. The number of aliphatic hydroxyl groups is 1. The van der Waals surface area contributed by atoms with Crippen LogP contribution in [0.25, 0.3) is 0 Å². The zero-order valence-electron chi connectivity index (χ0n) is 10.6. The Morgan fingerprint density at radius 2 is 1.90 bits per heavy atom. The van der Waals surface area contributed by atoms with E-state index in [4.69, 9.17) is 11.6 Å². The molecule has 0 aliphatic heterocycles. The molecular weight excluding hydrogens is 284 g/mol. The lowest BCUT2D eigenvalue weighted by atomic mass is 10.1. The lowest BCUT2D eigenvalue weighted by Gasteiger charge is -2.13. The molecule has 1 unspecified atom stereocenters. The highest BCUT2D eigenvalue weighted by atomic mass is 35.5. The van der Waals surface area contributed by atoms with Gasteiger partial charge in [0, 0.05) is 23.7 Å². The van der Waals surface area contributed by atoms with E-state index in [0.29, 0.717) is 11.6 Å². The Bertz CT molecular complexity index is 592. The van der Waals surface area contributed by atoms with Crippen LogP contribution in [-0.4, -0.2) is 11.7 Å². The van der Waals surface area contributed by atoms with Gasteiger partial charge >= 0.3 is 0 Å². The fourth-order valence-electron chi connectivity index (χ4n) is 1.87.